The van der Waals surface area contributed by atoms with E-state index in [2.05, 4.69) is 15.3 Å². The lowest BCUT2D eigenvalue weighted by Crippen LogP contribution is -2.09. The second-order valence-electron chi connectivity index (χ2n) is 4.62. The Morgan fingerprint density at radius 2 is 1.67 bits per heavy atom. The van der Waals surface area contributed by atoms with Crippen molar-refractivity contribution in [1.29, 1.82) is 0 Å². The predicted molar refractivity (Wildman–Crippen MR) is 78.1 cm³/mol. The minimum atomic E-state index is -0.524. The number of halogens is 2. The van der Waals surface area contributed by atoms with E-state index in [1.54, 1.807) is 0 Å². The summed E-state index contributed by atoms with van der Waals surface area (Å²) in [7, 11) is 0. The SMILES string of the molecule is Fc1cccc(F)c1CCNc1ncnc2ccccc12. The molecule has 0 spiro atoms. The van der Waals surface area contributed by atoms with Gasteiger partial charge in [0, 0.05) is 17.5 Å². The van der Waals surface area contributed by atoms with E-state index in [1.165, 1.54) is 24.5 Å². The fourth-order valence-electron chi connectivity index (χ4n) is 2.22. The van der Waals surface area contributed by atoms with Gasteiger partial charge in [-0.1, -0.05) is 18.2 Å². The number of fused-ring (bicyclic) bond motifs is 1. The van der Waals surface area contributed by atoms with Crippen molar-refractivity contribution in [2.75, 3.05) is 11.9 Å². The number of nitrogens with one attached hydrogen (secondary N) is 1. The van der Waals surface area contributed by atoms with Gasteiger partial charge in [0.15, 0.2) is 0 Å². The van der Waals surface area contributed by atoms with E-state index in [0.29, 0.717) is 12.4 Å². The van der Waals surface area contributed by atoms with Crippen LogP contribution in [0.3, 0.4) is 0 Å². The molecule has 1 heterocycles. The van der Waals surface area contributed by atoms with Crippen molar-refractivity contribution >= 4 is 16.7 Å². The summed E-state index contributed by atoms with van der Waals surface area (Å²) in [5.74, 6) is -0.383. The van der Waals surface area contributed by atoms with E-state index in [-0.39, 0.29) is 12.0 Å². The Balaban J connectivity index is 1.76. The number of hydrogen-bond donors (Lipinski definition) is 1. The molecule has 0 radical (unpaired) electrons. The molecule has 0 unspecified atom stereocenters. The summed E-state index contributed by atoms with van der Waals surface area (Å²) < 4.78 is 27.1. The van der Waals surface area contributed by atoms with E-state index in [0.717, 1.165) is 10.9 Å². The molecule has 1 N–H and O–H groups in total. The highest BCUT2D eigenvalue weighted by Gasteiger charge is 2.08. The van der Waals surface area contributed by atoms with Crippen molar-refractivity contribution in [2.45, 2.75) is 6.42 Å². The molecular formula is C16H13F2N3. The molecule has 0 saturated heterocycles. The van der Waals surface area contributed by atoms with Gasteiger partial charge in [-0.05, 0) is 30.7 Å². The monoisotopic (exact) mass is 285 g/mol. The third kappa shape index (κ3) is 2.81. The van der Waals surface area contributed by atoms with Crippen LogP contribution < -0.4 is 5.32 Å². The minimum Gasteiger partial charge on any atom is -0.369 e. The summed E-state index contributed by atoms with van der Waals surface area (Å²) >= 11 is 0. The van der Waals surface area contributed by atoms with Crippen LogP contribution in [0.15, 0.2) is 48.8 Å². The second-order valence-corrected chi connectivity index (χ2v) is 4.62. The Labute approximate surface area is 120 Å². The van der Waals surface area contributed by atoms with Gasteiger partial charge in [0.1, 0.15) is 23.8 Å². The predicted octanol–water partition coefficient (Wildman–Crippen LogP) is 3.56. The zero-order valence-corrected chi connectivity index (χ0v) is 11.2. The largest absolute Gasteiger partial charge is 0.369 e. The molecule has 3 aromatic rings. The Kier molecular flexibility index (Phi) is 3.73. The number of benzene rings is 2. The fourth-order valence-corrected chi connectivity index (χ4v) is 2.22. The van der Waals surface area contributed by atoms with Gasteiger partial charge in [-0.3, -0.25) is 0 Å². The molecule has 0 aliphatic heterocycles. The summed E-state index contributed by atoms with van der Waals surface area (Å²) in [4.78, 5) is 8.34. The molecule has 0 aliphatic rings. The topological polar surface area (TPSA) is 37.8 Å². The first kappa shape index (κ1) is 13.4. The lowest BCUT2D eigenvalue weighted by Gasteiger charge is -2.09. The Bertz CT molecular complexity index is 749. The summed E-state index contributed by atoms with van der Waals surface area (Å²) in [6, 6.07) is 11.5. The number of para-hydroxylation sites is 1. The van der Waals surface area contributed by atoms with Crippen molar-refractivity contribution in [3.63, 3.8) is 0 Å². The normalized spacial score (nSPS) is 10.8. The quantitative estimate of drug-likeness (QED) is 0.796. The van der Waals surface area contributed by atoms with Crippen LogP contribution in [-0.2, 0) is 6.42 Å². The van der Waals surface area contributed by atoms with Crippen molar-refractivity contribution in [3.05, 3.63) is 66.0 Å². The van der Waals surface area contributed by atoms with Crippen LogP contribution in [-0.4, -0.2) is 16.5 Å². The van der Waals surface area contributed by atoms with Gasteiger partial charge in [-0.2, -0.15) is 0 Å². The number of anilines is 1. The third-order valence-corrected chi connectivity index (χ3v) is 3.27. The van der Waals surface area contributed by atoms with Crippen LogP contribution in [0.25, 0.3) is 10.9 Å². The zero-order valence-electron chi connectivity index (χ0n) is 11.2. The Hall–Kier alpha value is -2.56. The standard InChI is InChI=1S/C16H13F2N3/c17-13-5-3-6-14(18)11(13)8-9-19-16-12-4-1-2-7-15(12)20-10-21-16/h1-7,10H,8-9H2,(H,19,20,21). The maximum absolute atomic E-state index is 13.5. The zero-order chi connectivity index (χ0) is 14.7. The average molecular weight is 285 g/mol. The van der Waals surface area contributed by atoms with Gasteiger partial charge < -0.3 is 5.32 Å². The van der Waals surface area contributed by atoms with Crippen LogP contribution in [0, 0.1) is 11.6 Å². The average Bonchev–Trinajstić information content (AvgIpc) is 2.50. The summed E-state index contributed by atoms with van der Waals surface area (Å²) in [6.07, 6.45) is 1.71. The van der Waals surface area contributed by atoms with Crippen molar-refractivity contribution in [2.24, 2.45) is 0 Å². The molecule has 0 atom stereocenters. The molecule has 0 saturated carbocycles. The highest BCUT2D eigenvalue weighted by Crippen LogP contribution is 2.19. The molecule has 0 bridgehead atoms. The van der Waals surface area contributed by atoms with E-state index in [4.69, 9.17) is 0 Å². The van der Waals surface area contributed by atoms with Crippen molar-refractivity contribution in [3.8, 4) is 0 Å². The molecule has 3 rings (SSSR count). The van der Waals surface area contributed by atoms with E-state index < -0.39 is 11.6 Å². The van der Waals surface area contributed by atoms with Gasteiger partial charge in [-0.15, -0.1) is 0 Å². The lowest BCUT2D eigenvalue weighted by molar-refractivity contribution is 0.557. The molecule has 5 heteroatoms. The van der Waals surface area contributed by atoms with Gasteiger partial charge in [0.2, 0.25) is 0 Å². The molecule has 3 nitrogen and oxygen atoms in total. The lowest BCUT2D eigenvalue weighted by atomic mass is 10.1. The molecule has 0 fully saturated rings. The molecule has 2 aromatic carbocycles. The first-order valence-corrected chi connectivity index (χ1v) is 6.62. The van der Waals surface area contributed by atoms with Gasteiger partial charge in [-0.25, -0.2) is 18.7 Å². The van der Waals surface area contributed by atoms with Gasteiger partial charge >= 0.3 is 0 Å². The molecule has 0 aliphatic carbocycles. The Morgan fingerprint density at radius 1 is 0.905 bits per heavy atom. The minimum absolute atomic E-state index is 0.0864. The molecule has 106 valence electrons. The maximum atomic E-state index is 13.5. The highest BCUT2D eigenvalue weighted by molar-refractivity contribution is 5.88. The van der Waals surface area contributed by atoms with Crippen LogP contribution in [0.1, 0.15) is 5.56 Å². The van der Waals surface area contributed by atoms with Crippen molar-refractivity contribution < 1.29 is 8.78 Å². The maximum Gasteiger partial charge on any atom is 0.137 e. The third-order valence-electron chi connectivity index (χ3n) is 3.27. The second kappa shape index (κ2) is 5.83. The first-order valence-electron chi connectivity index (χ1n) is 6.62. The van der Waals surface area contributed by atoms with Gasteiger partial charge in [0.05, 0.1) is 5.52 Å². The van der Waals surface area contributed by atoms with E-state index in [9.17, 15) is 8.78 Å². The van der Waals surface area contributed by atoms with Crippen LogP contribution in [0.2, 0.25) is 0 Å². The summed E-state index contributed by atoms with van der Waals surface area (Å²) in [5, 5.41) is 3.99. The van der Waals surface area contributed by atoms with Crippen LogP contribution in [0.4, 0.5) is 14.6 Å². The number of hydrogen-bond acceptors (Lipinski definition) is 3. The summed E-state index contributed by atoms with van der Waals surface area (Å²) in [5.41, 5.74) is 0.912. The van der Waals surface area contributed by atoms with E-state index >= 15 is 0 Å². The van der Waals surface area contributed by atoms with Crippen LogP contribution in [0.5, 0.6) is 0 Å². The van der Waals surface area contributed by atoms with E-state index in [1.807, 2.05) is 24.3 Å². The number of nitrogens with zero attached hydrogens (tertiary/aromatic N) is 2. The molecular weight excluding hydrogens is 272 g/mol. The van der Waals surface area contributed by atoms with Gasteiger partial charge in [0.25, 0.3) is 0 Å². The Morgan fingerprint density at radius 3 is 2.48 bits per heavy atom. The highest BCUT2D eigenvalue weighted by atomic mass is 19.1. The molecule has 1 aromatic heterocycles. The first-order chi connectivity index (χ1) is 10.3. The smallest absolute Gasteiger partial charge is 0.137 e. The fraction of sp³-hybridized carbons (Fsp3) is 0.125. The number of aromatic nitrogens is 2. The van der Waals surface area contributed by atoms with Crippen LogP contribution >= 0.6 is 0 Å². The summed E-state index contributed by atoms with van der Waals surface area (Å²) in [6.45, 7) is 0.388. The van der Waals surface area contributed by atoms with Crippen molar-refractivity contribution in [1.82, 2.24) is 9.97 Å². The molecule has 0 amide bonds. The molecule has 21 heavy (non-hydrogen) atoms. The number of rotatable bonds is 4.